The zero-order valence-corrected chi connectivity index (χ0v) is 35.7. The highest BCUT2D eigenvalue weighted by atomic mass is 16.6. The van der Waals surface area contributed by atoms with E-state index >= 15 is 0 Å². The molecule has 1 rings (SSSR count). The van der Waals surface area contributed by atoms with Crippen LogP contribution >= 0.6 is 0 Å². The van der Waals surface area contributed by atoms with Crippen molar-refractivity contribution in [3.63, 3.8) is 0 Å². The topological polar surface area (TPSA) is 257 Å². The molecule has 0 heterocycles. The van der Waals surface area contributed by atoms with E-state index in [9.17, 15) is 33.6 Å². The SMILES string of the molecule is CC(C)(C)OC(=O)C[C@H](NC(=O)[C@H](CCCCNC(=O)OC(C)(C)C)NC(=O)[C@H](Cc1ccc(OC(C)(C)C)cc1)NC(=O)[C@@H](N)CC(=O)OC(C)(C)C)C(N)=O. The van der Waals surface area contributed by atoms with E-state index in [0.717, 1.165) is 0 Å². The molecule has 1 aromatic carbocycles. The molecule has 0 unspecified atom stereocenters. The molecule has 17 nitrogen and oxygen atoms in total. The van der Waals surface area contributed by atoms with Crippen molar-refractivity contribution in [2.45, 2.75) is 168 Å². The normalized spacial score (nSPS) is 14.1. The average Bonchev–Trinajstić information content (AvgIpc) is 3.00. The number of esters is 2. The Hall–Kier alpha value is -4.93. The minimum atomic E-state index is -1.48. The van der Waals surface area contributed by atoms with Crippen LogP contribution in [0.1, 0.15) is 121 Å². The fraction of sp³-hybridized carbons (Fsp3) is 0.675. The molecule has 0 aliphatic heterocycles. The van der Waals surface area contributed by atoms with Gasteiger partial charge < -0.3 is 51.7 Å². The highest BCUT2D eigenvalue weighted by Gasteiger charge is 2.32. The molecule has 17 heteroatoms. The summed E-state index contributed by atoms with van der Waals surface area (Å²) in [6, 6.07) is 1.37. The van der Waals surface area contributed by atoms with Crippen LogP contribution in [-0.4, -0.2) is 94.8 Å². The highest BCUT2D eigenvalue weighted by Crippen LogP contribution is 2.20. The molecule has 0 fully saturated rings. The Morgan fingerprint density at radius 3 is 1.56 bits per heavy atom. The summed E-state index contributed by atoms with van der Waals surface area (Å²) >= 11 is 0. The van der Waals surface area contributed by atoms with E-state index in [0.29, 0.717) is 17.7 Å². The van der Waals surface area contributed by atoms with Crippen LogP contribution in [0.5, 0.6) is 5.75 Å². The molecule has 5 amide bonds. The Kier molecular flexibility index (Phi) is 18.9. The molecule has 8 N–H and O–H groups in total. The van der Waals surface area contributed by atoms with Crippen LogP contribution in [0, 0.1) is 0 Å². The standard InChI is InChI=1S/C40H66N6O11/c1-37(2,3)54-25-18-16-24(17-19-25)21-29(46-33(50)26(41)22-30(47)55-38(4,5)6)35(52)44-27(15-13-14-20-43-36(53)57-40(10,11)12)34(51)45-28(32(42)49)23-31(48)56-39(7,8)9/h16-19,26-29H,13-15,20-23,41H2,1-12H3,(H2,42,49)(H,43,53)(H,44,52)(H,45,51)(H,46,50)/t26-,27-,28-,29-/m0/s1. The Labute approximate surface area is 336 Å². The summed E-state index contributed by atoms with van der Waals surface area (Å²) in [7, 11) is 0. The second-order valence-corrected chi connectivity index (χ2v) is 17.8. The maximum Gasteiger partial charge on any atom is 0.407 e. The maximum absolute atomic E-state index is 14.0. The zero-order chi connectivity index (χ0) is 43.9. The molecule has 0 spiro atoms. The second-order valence-electron chi connectivity index (χ2n) is 17.8. The highest BCUT2D eigenvalue weighted by molar-refractivity contribution is 5.96. The molecular weight excluding hydrogens is 740 g/mol. The lowest BCUT2D eigenvalue weighted by molar-refractivity contribution is -0.157. The smallest absolute Gasteiger partial charge is 0.407 e. The first-order valence-corrected chi connectivity index (χ1v) is 19.1. The number of carbonyl (C=O) groups is 7. The Morgan fingerprint density at radius 1 is 0.596 bits per heavy atom. The monoisotopic (exact) mass is 806 g/mol. The maximum atomic E-state index is 14.0. The molecule has 57 heavy (non-hydrogen) atoms. The fourth-order valence-electron chi connectivity index (χ4n) is 4.99. The van der Waals surface area contributed by atoms with Gasteiger partial charge in [0.15, 0.2) is 0 Å². The first kappa shape index (κ1) is 50.1. The van der Waals surface area contributed by atoms with E-state index in [4.69, 9.17) is 30.4 Å². The van der Waals surface area contributed by atoms with Crippen molar-refractivity contribution in [3.05, 3.63) is 29.8 Å². The lowest BCUT2D eigenvalue weighted by Gasteiger charge is -2.26. The Bertz CT molecular complexity index is 1540. The van der Waals surface area contributed by atoms with Crippen molar-refractivity contribution in [2.24, 2.45) is 11.5 Å². The number of nitrogens with one attached hydrogen (secondary N) is 4. The van der Waals surface area contributed by atoms with E-state index in [2.05, 4.69) is 21.3 Å². The molecule has 0 aliphatic rings. The summed E-state index contributed by atoms with van der Waals surface area (Å²) in [6.45, 7) is 21.0. The van der Waals surface area contributed by atoms with Crippen molar-refractivity contribution in [2.75, 3.05) is 6.54 Å². The number of primary amides is 1. The van der Waals surface area contributed by atoms with Crippen LogP contribution in [0.25, 0.3) is 0 Å². The van der Waals surface area contributed by atoms with Gasteiger partial charge in [0, 0.05) is 13.0 Å². The second kappa shape index (κ2) is 21.6. The lowest BCUT2D eigenvalue weighted by atomic mass is 10.0. The molecular formula is C40H66N6O11. The van der Waals surface area contributed by atoms with Gasteiger partial charge in [-0.2, -0.15) is 0 Å². The predicted octanol–water partition coefficient (Wildman–Crippen LogP) is 2.83. The van der Waals surface area contributed by atoms with Crippen molar-refractivity contribution in [1.82, 2.24) is 21.3 Å². The number of amides is 5. The summed E-state index contributed by atoms with van der Waals surface area (Å²) in [5, 5.41) is 10.3. The summed E-state index contributed by atoms with van der Waals surface area (Å²) in [5.41, 5.74) is 9.35. The number of ether oxygens (including phenoxy) is 4. The zero-order valence-electron chi connectivity index (χ0n) is 35.7. The van der Waals surface area contributed by atoms with Gasteiger partial charge in [-0.3, -0.25) is 28.8 Å². The van der Waals surface area contributed by atoms with Gasteiger partial charge in [-0.25, -0.2) is 4.79 Å². The molecule has 0 saturated heterocycles. The summed E-state index contributed by atoms with van der Waals surface area (Å²) in [4.78, 5) is 90.6. The fourth-order valence-corrected chi connectivity index (χ4v) is 4.99. The van der Waals surface area contributed by atoms with E-state index < -0.39 is 101 Å². The number of rotatable bonds is 19. The van der Waals surface area contributed by atoms with Crippen LogP contribution < -0.4 is 37.5 Å². The molecule has 4 atom stereocenters. The Morgan fingerprint density at radius 2 is 1.07 bits per heavy atom. The average molecular weight is 807 g/mol. The lowest BCUT2D eigenvalue weighted by Crippen LogP contribution is -2.58. The molecule has 322 valence electrons. The number of unbranched alkanes of at least 4 members (excludes halogenated alkanes) is 1. The number of alkyl carbamates (subject to hydrolysis) is 1. The van der Waals surface area contributed by atoms with E-state index in [1.54, 1.807) is 86.6 Å². The van der Waals surface area contributed by atoms with Gasteiger partial charge in [0.1, 0.15) is 46.3 Å². The summed E-state index contributed by atoms with van der Waals surface area (Å²) in [5.74, 6) is -4.40. The van der Waals surface area contributed by atoms with Crippen LogP contribution in [0.2, 0.25) is 0 Å². The number of carbonyl (C=O) groups excluding carboxylic acids is 7. The molecule has 0 radical (unpaired) electrons. The van der Waals surface area contributed by atoms with E-state index in [1.165, 1.54) is 0 Å². The molecule has 0 saturated carbocycles. The third-order valence-electron chi connectivity index (χ3n) is 7.24. The van der Waals surface area contributed by atoms with E-state index in [-0.39, 0.29) is 25.8 Å². The molecule has 0 aliphatic carbocycles. The van der Waals surface area contributed by atoms with Crippen molar-refractivity contribution in [3.8, 4) is 5.75 Å². The number of hydrogen-bond donors (Lipinski definition) is 6. The Balaban J connectivity index is 3.39. The molecule has 1 aromatic rings. The van der Waals surface area contributed by atoms with Gasteiger partial charge in [-0.05, 0) is 120 Å². The summed E-state index contributed by atoms with van der Waals surface area (Å²) in [6.07, 6.45) is -1.08. The third-order valence-corrected chi connectivity index (χ3v) is 7.24. The van der Waals surface area contributed by atoms with Gasteiger partial charge in [0.2, 0.25) is 23.6 Å². The molecule has 0 bridgehead atoms. The van der Waals surface area contributed by atoms with Crippen molar-refractivity contribution in [1.29, 1.82) is 0 Å². The van der Waals surface area contributed by atoms with Gasteiger partial charge in [0.05, 0.1) is 18.9 Å². The van der Waals surface area contributed by atoms with Gasteiger partial charge in [0.25, 0.3) is 0 Å². The largest absolute Gasteiger partial charge is 0.488 e. The van der Waals surface area contributed by atoms with Crippen LogP contribution in [-0.2, 0) is 49.4 Å². The number of nitrogens with two attached hydrogens (primary N) is 2. The summed E-state index contributed by atoms with van der Waals surface area (Å²) < 4.78 is 21.7. The number of hydrogen-bond acceptors (Lipinski definition) is 12. The molecule has 0 aromatic heterocycles. The first-order valence-electron chi connectivity index (χ1n) is 19.1. The quantitative estimate of drug-likeness (QED) is 0.0671. The minimum absolute atomic E-state index is 0.00313. The van der Waals surface area contributed by atoms with Gasteiger partial charge >= 0.3 is 18.0 Å². The predicted molar refractivity (Wildman–Crippen MR) is 213 cm³/mol. The van der Waals surface area contributed by atoms with Gasteiger partial charge in [-0.1, -0.05) is 12.1 Å². The van der Waals surface area contributed by atoms with E-state index in [1.807, 2.05) is 20.8 Å². The van der Waals surface area contributed by atoms with Crippen LogP contribution in [0.4, 0.5) is 4.79 Å². The van der Waals surface area contributed by atoms with Crippen LogP contribution in [0.15, 0.2) is 24.3 Å². The van der Waals surface area contributed by atoms with Crippen molar-refractivity contribution < 1.29 is 52.5 Å². The minimum Gasteiger partial charge on any atom is -0.488 e. The number of benzene rings is 1. The van der Waals surface area contributed by atoms with Crippen molar-refractivity contribution >= 4 is 41.7 Å². The third kappa shape index (κ3) is 23.0. The van der Waals surface area contributed by atoms with Gasteiger partial charge in [-0.15, -0.1) is 0 Å². The van der Waals surface area contributed by atoms with Crippen LogP contribution in [0.3, 0.4) is 0 Å². The first-order chi connectivity index (χ1) is 25.9.